The van der Waals surface area contributed by atoms with Gasteiger partial charge in [-0.1, -0.05) is 18.2 Å². The fraction of sp³-hybridized carbons (Fsp3) is 0.441. The molecular formula is C34H34BrIN2O8. The molecule has 242 valence electrons. The number of hydrogen-bond acceptors (Lipinski definition) is 8. The van der Waals surface area contributed by atoms with Gasteiger partial charge in [0, 0.05) is 59.2 Å². The number of carbonyl (C=O) groups excluding carboxylic acids is 3. The summed E-state index contributed by atoms with van der Waals surface area (Å²) in [7, 11) is 6.83. The number of amides is 2. The van der Waals surface area contributed by atoms with E-state index in [1.807, 2.05) is 31.3 Å². The van der Waals surface area contributed by atoms with E-state index in [4.69, 9.17) is 18.9 Å². The molecule has 0 saturated carbocycles. The topological polar surface area (TPSA) is 115 Å². The number of aliphatic hydroxyl groups excluding tert-OH is 1. The van der Waals surface area contributed by atoms with Crippen LogP contribution in [-0.2, 0) is 15.6 Å². The minimum atomic E-state index is -0.509. The molecule has 2 aromatic carbocycles. The summed E-state index contributed by atoms with van der Waals surface area (Å²) in [6.07, 6.45) is 8.84. The molecule has 0 fully saturated rings. The van der Waals surface area contributed by atoms with Crippen LogP contribution in [0.25, 0.3) is 0 Å². The second-order valence-corrected chi connectivity index (χ2v) is 14.7. The Morgan fingerprint density at radius 3 is 2.11 bits per heavy atom. The highest BCUT2D eigenvalue weighted by Gasteiger charge is 2.56. The Kier molecular flexibility index (Phi) is 7.71. The molecule has 4 aliphatic heterocycles. The van der Waals surface area contributed by atoms with Gasteiger partial charge >= 0.3 is 0 Å². The molecule has 2 amide bonds. The van der Waals surface area contributed by atoms with Gasteiger partial charge in [0.1, 0.15) is 12.2 Å². The maximum atomic E-state index is 12.9. The number of halogens is 2. The molecule has 2 aromatic rings. The van der Waals surface area contributed by atoms with Crippen molar-refractivity contribution in [2.45, 2.75) is 54.8 Å². The van der Waals surface area contributed by atoms with Crippen LogP contribution < -0.4 is 18.9 Å². The third-order valence-corrected chi connectivity index (χ3v) is 11.8. The van der Waals surface area contributed by atoms with Gasteiger partial charge in [-0.2, -0.15) is 0 Å². The minimum Gasteiger partial charge on any atom is -0.493 e. The van der Waals surface area contributed by atoms with Crippen molar-refractivity contribution in [3.63, 3.8) is 0 Å². The van der Waals surface area contributed by atoms with Gasteiger partial charge in [0.15, 0.2) is 28.8 Å². The maximum Gasteiger partial charge on any atom is 0.255 e. The molecule has 0 radical (unpaired) electrons. The summed E-state index contributed by atoms with van der Waals surface area (Å²) >= 11 is 5.71. The first-order valence-electron chi connectivity index (χ1n) is 15.2. The molecule has 10 nitrogen and oxygen atoms in total. The first kappa shape index (κ1) is 31.5. The number of ether oxygens (including phenoxy) is 4. The second-order valence-electron chi connectivity index (χ2n) is 12.7. The van der Waals surface area contributed by atoms with Crippen molar-refractivity contribution in [3.05, 3.63) is 66.7 Å². The lowest BCUT2D eigenvalue weighted by Gasteiger charge is -2.35. The lowest BCUT2D eigenvalue weighted by Crippen LogP contribution is -2.42. The smallest absolute Gasteiger partial charge is 0.255 e. The van der Waals surface area contributed by atoms with Crippen LogP contribution in [0.3, 0.4) is 0 Å². The predicted octanol–water partition coefficient (Wildman–Crippen LogP) is 4.56. The quantitative estimate of drug-likeness (QED) is 0.348. The number of carbonyl (C=O) groups is 3. The van der Waals surface area contributed by atoms with E-state index in [0.29, 0.717) is 64.5 Å². The summed E-state index contributed by atoms with van der Waals surface area (Å²) in [6.45, 7) is 1.27. The summed E-state index contributed by atoms with van der Waals surface area (Å²) < 4.78 is 24.9. The first-order valence-corrected chi connectivity index (χ1v) is 17.1. The Hall–Kier alpha value is -3.10. The van der Waals surface area contributed by atoms with Gasteiger partial charge in [0.2, 0.25) is 0 Å². The Balaban J connectivity index is 0.000000147. The number of aliphatic hydroxyl groups is 1. The number of allylic oxidation sites excluding steroid dienone is 1. The Morgan fingerprint density at radius 2 is 1.46 bits per heavy atom. The molecule has 1 N–H and O–H groups in total. The Labute approximate surface area is 288 Å². The molecule has 8 rings (SSSR count). The maximum absolute atomic E-state index is 12.9. The van der Waals surface area contributed by atoms with Gasteiger partial charge in [-0.15, -0.1) is 0 Å². The van der Waals surface area contributed by atoms with Crippen LogP contribution in [0.2, 0.25) is 0 Å². The van der Waals surface area contributed by atoms with Crippen molar-refractivity contribution >= 4 is 56.1 Å². The first-order chi connectivity index (χ1) is 22.0. The van der Waals surface area contributed by atoms with Gasteiger partial charge in [-0.25, -0.2) is 0 Å². The van der Waals surface area contributed by atoms with E-state index < -0.39 is 11.5 Å². The Morgan fingerprint density at radius 1 is 0.891 bits per heavy atom. The minimum absolute atomic E-state index is 0.0222. The van der Waals surface area contributed by atoms with Gasteiger partial charge in [-0.05, 0) is 69.6 Å². The number of benzene rings is 2. The average Bonchev–Trinajstić information content (AvgIpc) is 3.46. The summed E-state index contributed by atoms with van der Waals surface area (Å²) in [6, 6.07) is 3.62. The lowest BCUT2D eigenvalue weighted by atomic mass is 9.69. The van der Waals surface area contributed by atoms with E-state index in [-0.39, 0.29) is 35.2 Å². The number of methoxy groups -OCH3 is 2. The number of ketones is 1. The molecular weight excluding hydrogens is 771 g/mol. The molecule has 2 spiro atoms. The van der Waals surface area contributed by atoms with Crippen LogP contribution in [0.4, 0.5) is 0 Å². The van der Waals surface area contributed by atoms with Crippen LogP contribution in [-0.4, -0.2) is 92.2 Å². The summed E-state index contributed by atoms with van der Waals surface area (Å²) in [5, 5.41) is 10.0. The van der Waals surface area contributed by atoms with Crippen molar-refractivity contribution < 1.29 is 38.4 Å². The highest BCUT2D eigenvalue weighted by atomic mass is 127. The van der Waals surface area contributed by atoms with Crippen molar-refractivity contribution in [2.75, 3.05) is 41.4 Å². The molecule has 46 heavy (non-hydrogen) atoms. The van der Waals surface area contributed by atoms with Crippen molar-refractivity contribution in [3.8, 4) is 23.0 Å². The Bertz CT molecular complexity index is 1760. The van der Waals surface area contributed by atoms with E-state index in [0.717, 1.165) is 27.5 Å². The molecule has 0 saturated heterocycles. The molecule has 6 aliphatic rings. The fourth-order valence-corrected chi connectivity index (χ4v) is 9.20. The SMILES string of the molecule is COc1cc(Br)c2c3c1O[C@H]1CC(=O)C=C[C@@]31CCN(C)C2=O.COc1cc(I)c2c3c1O[C@H]1C[C@@H](O)C=C[C@@]31CCN(C)C2=O. The van der Waals surface area contributed by atoms with Gasteiger partial charge in [0.25, 0.3) is 11.8 Å². The number of rotatable bonds is 2. The van der Waals surface area contributed by atoms with Crippen LogP contribution >= 0.6 is 38.5 Å². The standard InChI is InChI=1S/C17H16BrNO4.C17H18INO4/c2*1-19-6-5-17-4-3-9(20)7-12(17)23-15-11(22-2)8-10(18)13(14(15)17)16(19)21/h3-4,8,12H,5-7H2,1-2H3;3-4,8-9,12,20H,5-7H2,1-2H3/t12-,17-;9-,12-,17-/m00/s1. The van der Waals surface area contributed by atoms with Crippen molar-refractivity contribution in [2.24, 2.45) is 0 Å². The van der Waals surface area contributed by atoms with Gasteiger partial charge in [-0.3, -0.25) is 14.4 Å². The molecule has 12 heteroatoms. The fourth-order valence-electron chi connectivity index (χ4n) is 7.84. The van der Waals surface area contributed by atoms with E-state index in [2.05, 4.69) is 38.5 Å². The number of hydrogen-bond donors (Lipinski definition) is 1. The number of nitrogens with zero attached hydrogens (tertiary/aromatic N) is 2. The normalized spacial score (nSPS) is 29.7. The largest absolute Gasteiger partial charge is 0.493 e. The summed E-state index contributed by atoms with van der Waals surface area (Å²) in [4.78, 5) is 41.1. The van der Waals surface area contributed by atoms with Gasteiger partial charge in [0.05, 0.1) is 42.3 Å². The summed E-state index contributed by atoms with van der Waals surface area (Å²) in [5.74, 6) is 2.53. The molecule has 0 unspecified atom stereocenters. The van der Waals surface area contributed by atoms with E-state index >= 15 is 0 Å². The van der Waals surface area contributed by atoms with Crippen LogP contribution in [0.1, 0.15) is 57.5 Å². The highest BCUT2D eigenvalue weighted by molar-refractivity contribution is 14.1. The highest BCUT2D eigenvalue weighted by Crippen LogP contribution is 2.58. The molecule has 2 aliphatic carbocycles. The van der Waals surface area contributed by atoms with Crippen molar-refractivity contribution in [1.82, 2.24) is 9.80 Å². The van der Waals surface area contributed by atoms with Gasteiger partial charge < -0.3 is 33.9 Å². The van der Waals surface area contributed by atoms with Crippen LogP contribution in [0.5, 0.6) is 23.0 Å². The molecule has 4 heterocycles. The predicted molar refractivity (Wildman–Crippen MR) is 180 cm³/mol. The molecule has 0 aromatic heterocycles. The van der Waals surface area contributed by atoms with Crippen LogP contribution in [0.15, 0.2) is 40.9 Å². The third kappa shape index (κ3) is 4.45. The zero-order chi connectivity index (χ0) is 32.7. The summed E-state index contributed by atoms with van der Waals surface area (Å²) in [5.41, 5.74) is 2.30. The average molecular weight is 805 g/mol. The van der Waals surface area contributed by atoms with Crippen LogP contribution in [0, 0.1) is 3.57 Å². The van der Waals surface area contributed by atoms with E-state index in [1.165, 1.54) is 0 Å². The zero-order valence-corrected chi connectivity index (χ0v) is 29.6. The lowest BCUT2D eigenvalue weighted by molar-refractivity contribution is -0.117. The molecule has 5 atom stereocenters. The van der Waals surface area contributed by atoms with E-state index in [9.17, 15) is 19.5 Å². The van der Waals surface area contributed by atoms with Crippen molar-refractivity contribution in [1.29, 1.82) is 0 Å². The second kappa shape index (κ2) is 11.3. The third-order valence-electron chi connectivity index (χ3n) is 10.3. The molecule has 0 bridgehead atoms. The monoisotopic (exact) mass is 804 g/mol. The zero-order valence-electron chi connectivity index (χ0n) is 25.9. The van der Waals surface area contributed by atoms with E-state index in [1.54, 1.807) is 43.2 Å².